The number of rotatable bonds is 7. The van der Waals surface area contributed by atoms with Gasteiger partial charge in [-0.2, -0.15) is 0 Å². The molecular formula is C18H17N7O7S. The van der Waals surface area contributed by atoms with Gasteiger partial charge in [0.1, 0.15) is 24.4 Å². The smallest absolute Gasteiger partial charge is 0.508 e. The Kier molecular flexibility index (Phi) is 5.35. The average Bonchev–Trinajstić information content (AvgIpc) is 3.33. The highest BCUT2D eigenvalue weighted by molar-refractivity contribution is 7.99. The Morgan fingerprint density at radius 2 is 2.12 bits per heavy atom. The molecule has 2 aromatic rings. The molecule has 2 fully saturated rings. The summed E-state index contributed by atoms with van der Waals surface area (Å²) in [5, 5.41) is 35.7. The van der Waals surface area contributed by atoms with E-state index in [0.717, 1.165) is 11.8 Å². The second-order valence-electron chi connectivity index (χ2n) is 7.31. The Labute approximate surface area is 189 Å². The number of tetrazole rings is 1. The maximum Gasteiger partial charge on any atom is 0.512 e. The molecule has 15 heteroatoms. The first-order chi connectivity index (χ1) is 15.9. The van der Waals surface area contributed by atoms with Crippen LogP contribution >= 0.6 is 11.8 Å². The van der Waals surface area contributed by atoms with E-state index < -0.39 is 18.3 Å². The van der Waals surface area contributed by atoms with E-state index in [-0.39, 0.29) is 48.5 Å². The molecule has 0 saturated carbocycles. The van der Waals surface area contributed by atoms with Crippen molar-refractivity contribution in [3.05, 3.63) is 35.7 Å². The van der Waals surface area contributed by atoms with Crippen LogP contribution in [-0.4, -0.2) is 84.0 Å². The summed E-state index contributed by atoms with van der Waals surface area (Å²) in [6, 6.07) is 5.17. The zero-order valence-corrected chi connectivity index (χ0v) is 17.6. The van der Waals surface area contributed by atoms with Gasteiger partial charge in [0.25, 0.3) is 0 Å². The number of β-lactam (4-membered cyclic amide) rings is 1. The molecule has 4 N–H and O–H groups in total. The largest absolute Gasteiger partial charge is 0.512 e. The molecule has 1 aromatic heterocycles. The number of carbonyl (C=O) groups is 3. The fourth-order valence-electron chi connectivity index (χ4n) is 3.94. The minimum atomic E-state index is -1.54. The van der Waals surface area contributed by atoms with E-state index in [2.05, 4.69) is 26.2 Å². The summed E-state index contributed by atoms with van der Waals surface area (Å²) in [5.74, 6) is -0.459. The van der Waals surface area contributed by atoms with Gasteiger partial charge in [-0.15, -0.1) is 5.10 Å². The van der Waals surface area contributed by atoms with Crippen LogP contribution in [-0.2, 0) is 25.6 Å². The molecule has 1 aromatic carbocycles. The van der Waals surface area contributed by atoms with Crippen LogP contribution in [0.15, 0.2) is 40.9 Å². The Hall–Kier alpha value is -3.69. The standard InChI is InChI=1S/C18H17N7O7S/c26-9-3-1-8(2-4-9)20-11(27)5-24-17(21-22-23-24)33-6-10-14-13-12(19-7-31-14)15(28)25(13)16(10)32-18(29)30/h1-4,12-14,19,26H,5-7H2,(H,20,27)(H,29,30)/t12-,13-,14?/m0/s1. The number of anilines is 1. The highest BCUT2D eigenvalue weighted by Crippen LogP contribution is 2.44. The summed E-state index contributed by atoms with van der Waals surface area (Å²) in [6.45, 7) is -0.0258. The van der Waals surface area contributed by atoms with E-state index in [1.807, 2.05) is 0 Å². The number of nitrogens with one attached hydrogen (secondary N) is 2. The maximum atomic E-state index is 12.4. The minimum absolute atomic E-state index is 0.0564. The van der Waals surface area contributed by atoms with E-state index in [4.69, 9.17) is 14.6 Å². The Balaban J connectivity index is 1.29. The molecule has 172 valence electrons. The van der Waals surface area contributed by atoms with Gasteiger partial charge in [0.05, 0.1) is 12.8 Å². The lowest BCUT2D eigenvalue weighted by molar-refractivity contribution is -0.164. The highest BCUT2D eigenvalue weighted by atomic mass is 32.2. The fraction of sp³-hybridized carbons (Fsp3) is 0.333. The van der Waals surface area contributed by atoms with Crippen molar-refractivity contribution in [3.8, 4) is 5.75 Å². The second kappa shape index (κ2) is 8.34. The molecular weight excluding hydrogens is 458 g/mol. The lowest BCUT2D eigenvalue weighted by Gasteiger charge is -2.47. The Bertz CT molecular complexity index is 1150. The zero-order chi connectivity index (χ0) is 23.1. The van der Waals surface area contributed by atoms with Crippen molar-refractivity contribution in [1.29, 1.82) is 0 Å². The van der Waals surface area contributed by atoms with Crippen molar-refractivity contribution < 1.29 is 34.1 Å². The summed E-state index contributed by atoms with van der Waals surface area (Å²) in [7, 11) is 0. The number of aromatic hydroxyl groups is 1. The van der Waals surface area contributed by atoms with Gasteiger partial charge in [-0.1, -0.05) is 11.8 Å². The molecule has 4 heterocycles. The lowest BCUT2D eigenvalue weighted by Crippen LogP contribution is -2.73. The number of phenolic OH excluding ortho intramolecular Hbond substituents is 1. The molecule has 0 spiro atoms. The van der Waals surface area contributed by atoms with Crippen molar-refractivity contribution in [1.82, 2.24) is 30.4 Å². The molecule has 0 radical (unpaired) electrons. The van der Waals surface area contributed by atoms with Crippen molar-refractivity contribution >= 4 is 35.4 Å². The number of aromatic nitrogens is 4. The number of ether oxygens (including phenoxy) is 2. The Morgan fingerprint density at radius 1 is 1.33 bits per heavy atom. The van der Waals surface area contributed by atoms with Gasteiger partial charge < -0.3 is 25.0 Å². The van der Waals surface area contributed by atoms with Crippen LogP contribution in [0.5, 0.6) is 5.75 Å². The van der Waals surface area contributed by atoms with E-state index >= 15 is 0 Å². The third kappa shape index (κ3) is 3.85. The third-order valence-corrected chi connectivity index (χ3v) is 6.35. The van der Waals surface area contributed by atoms with E-state index in [1.54, 1.807) is 12.1 Å². The molecule has 0 aliphatic carbocycles. The monoisotopic (exact) mass is 475 g/mol. The number of nitrogens with zero attached hydrogens (tertiary/aromatic N) is 5. The molecule has 2 amide bonds. The van der Waals surface area contributed by atoms with Gasteiger partial charge in [-0.05, 0) is 34.7 Å². The number of carbonyl (C=O) groups excluding carboxylic acids is 2. The molecule has 5 rings (SSSR count). The average molecular weight is 475 g/mol. The summed E-state index contributed by atoms with van der Waals surface area (Å²) < 4.78 is 11.9. The molecule has 0 bridgehead atoms. The van der Waals surface area contributed by atoms with Gasteiger partial charge >= 0.3 is 6.16 Å². The van der Waals surface area contributed by atoms with Gasteiger partial charge in [-0.25, -0.2) is 9.48 Å². The lowest BCUT2D eigenvalue weighted by atomic mass is 9.91. The van der Waals surface area contributed by atoms with Gasteiger partial charge in [0.15, 0.2) is 0 Å². The van der Waals surface area contributed by atoms with Crippen LogP contribution in [0, 0.1) is 0 Å². The van der Waals surface area contributed by atoms with Crippen LogP contribution in [0.1, 0.15) is 0 Å². The van der Waals surface area contributed by atoms with E-state index in [1.165, 1.54) is 21.7 Å². The molecule has 2 saturated heterocycles. The minimum Gasteiger partial charge on any atom is -0.508 e. The molecule has 3 aliphatic heterocycles. The number of phenols is 1. The fourth-order valence-corrected chi connectivity index (χ4v) is 4.85. The maximum absolute atomic E-state index is 12.4. The zero-order valence-electron chi connectivity index (χ0n) is 16.7. The van der Waals surface area contributed by atoms with Crippen LogP contribution in [0.3, 0.4) is 0 Å². The summed E-state index contributed by atoms with van der Waals surface area (Å²) >= 11 is 1.15. The van der Waals surface area contributed by atoms with Crippen molar-refractivity contribution in [2.24, 2.45) is 0 Å². The predicted molar refractivity (Wildman–Crippen MR) is 109 cm³/mol. The first kappa shape index (κ1) is 21.2. The van der Waals surface area contributed by atoms with Crippen LogP contribution < -0.4 is 10.6 Å². The first-order valence-corrected chi connectivity index (χ1v) is 10.7. The number of carboxylic acid groups (broad SMARTS) is 1. The molecule has 3 aliphatic rings. The van der Waals surface area contributed by atoms with Crippen LogP contribution in [0.2, 0.25) is 0 Å². The van der Waals surface area contributed by atoms with Crippen molar-refractivity contribution in [3.63, 3.8) is 0 Å². The van der Waals surface area contributed by atoms with Gasteiger partial charge in [0.2, 0.25) is 22.9 Å². The summed E-state index contributed by atoms with van der Waals surface area (Å²) in [6.07, 6.45) is -2.05. The summed E-state index contributed by atoms with van der Waals surface area (Å²) in [4.78, 5) is 37.2. The summed E-state index contributed by atoms with van der Waals surface area (Å²) in [5.41, 5.74) is 0.992. The Morgan fingerprint density at radius 3 is 2.88 bits per heavy atom. The number of benzene rings is 1. The number of amides is 2. The first-order valence-electron chi connectivity index (χ1n) is 9.72. The van der Waals surface area contributed by atoms with Crippen molar-refractivity contribution in [2.75, 3.05) is 17.8 Å². The van der Waals surface area contributed by atoms with Crippen LogP contribution in [0.4, 0.5) is 10.5 Å². The highest BCUT2D eigenvalue weighted by Gasteiger charge is 2.62. The number of thioether (sulfide) groups is 1. The number of hydrogen-bond donors (Lipinski definition) is 4. The molecule has 33 heavy (non-hydrogen) atoms. The van der Waals surface area contributed by atoms with E-state index in [0.29, 0.717) is 16.4 Å². The van der Waals surface area contributed by atoms with E-state index in [9.17, 15) is 19.5 Å². The quantitative estimate of drug-likeness (QED) is 0.176. The third-order valence-electron chi connectivity index (χ3n) is 5.34. The topological polar surface area (TPSA) is 181 Å². The molecule has 1 unspecified atom stereocenters. The van der Waals surface area contributed by atoms with Gasteiger partial charge in [-0.3, -0.25) is 19.8 Å². The molecule has 14 nitrogen and oxygen atoms in total. The number of hydrogen-bond acceptors (Lipinski definition) is 11. The van der Waals surface area contributed by atoms with Crippen molar-refractivity contribution in [2.45, 2.75) is 29.9 Å². The molecule has 3 atom stereocenters. The SMILES string of the molecule is O=C(Cn1nnnc1SCC1=C(OC(=O)O)N2C(=O)[C@H]3NCOC1[C@H]32)Nc1ccc(O)cc1. The predicted octanol–water partition coefficient (Wildman–Crippen LogP) is -0.445. The van der Waals surface area contributed by atoms with Gasteiger partial charge in [0, 0.05) is 17.0 Å². The normalized spacial score (nSPS) is 23.2. The van der Waals surface area contributed by atoms with Crippen LogP contribution in [0.25, 0.3) is 0 Å². The second-order valence-corrected chi connectivity index (χ2v) is 8.26.